The maximum atomic E-state index is 12.5. The molecule has 124 valence electrons. The molecule has 0 saturated carbocycles. The fraction of sp³-hybridized carbons (Fsp3) is 0.929. The van der Waals surface area contributed by atoms with Crippen LogP contribution in [0.15, 0.2) is 0 Å². The van der Waals surface area contributed by atoms with E-state index >= 15 is 0 Å². The quantitative estimate of drug-likeness (QED) is 0.701. The summed E-state index contributed by atoms with van der Waals surface area (Å²) in [5.74, 6) is -0.284. The molecule has 0 bridgehead atoms. The highest BCUT2D eigenvalue weighted by Gasteiger charge is 2.41. The normalized spacial score (nSPS) is 18.6. The van der Waals surface area contributed by atoms with Crippen LogP contribution in [0.25, 0.3) is 0 Å². The number of hydrogen-bond acceptors (Lipinski definition) is 5. The van der Waals surface area contributed by atoms with Crippen LogP contribution in [0, 0.1) is 0 Å². The van der Waals surface area contributed by atoms with E-state index in [-0.39, 0.29) is 5.91 Å². The van der Waals surface area contributed by atoms with Gasteiger partial charge >= 0.3 is 0 Å². The lowest BCUT2D eigenvalue weighted by Gasteiger charge is -2.30. The Morgan fingerprint density at radius 3 is 2.38 bits per heavy atom. The minimum absolute atomic E-state index is 0.284. The molecule has 0 radical (unpaired) electrons. The summed E-state index contributed by atoms with van der Waals surface area (Å²) in [5.41, 5.74) is 5.50. The zero-order valence-electron chi connectivity index (χ0n) is 13.5. The highest BCUT2D eigenvalue weighted by molar-refractivity contribution is 7.92. The average Bonchev–Trinajstić information content (AvgIpc) is 2.62. The van der Waals surface area contributed by atoms with Crippen molar-refractivity contribution in [3.8, 4) is 0 Å². The number of unbranched alkanes of at least 4 members (excludes halogenated alkanes) is 1. The van der Waals surface area contributed by atoms with Crippen LogP contribution in [-0.2, 0) is 14.6 Å². The van der Waals surface area contributed by atoms with Gasteiger partial charge in [-0.25, -0.2) is 8.42 Å². The minimum Gasteiger partial charge on any atom is -0.340 e. The molecule has 0 aromatic rings. The molecule has 1 heterocycles. The average molecular weight is 319 g/mol. The van der Waals surface area contributed by atoms with Gasteiger partial charge in [-0.05, 0) is 52.7 Å². The monoisotopic (exact) mass is 319 g/mol. The summed E-state index contributed by atoms with van der Waals surface area (Å²) in [5, 5.41) is 0. The van der Waals surface area contributed by atoms with E-state index in [4.69, 9.17) is 5.73 Å². The molecule has 0 atom stereocenters. The predicted molar refractivity (Wildman–Crippen MR) is 84.8 cm³/mol. The topological polar surface area (TPSA) is 83.7 Å². The van der Waals surface area contributed by atoms with Gasteiger partial charge in [-0.15, -0.1) is 0 Å². The summed E-state index contributed by atoms with van der Waals surface area (Å²) in [6, 6.07) is 0. The van der Waals surface area contributed by atoms with Crippen LogP contribution in [0.3, 0.4) is 0 Å². The van der Waals surface area contributed by atoms with Gasteiger partial charge in [-0.3, -0.25) is 4.79 Å². The van der Waals surface area contributed by atoms with Crippen LogP contribution in [0.4, 0.5) is 0 Å². The molecule has 7 heteroatoms. The Bertz CT molecular complexity index is 448. The number of amides is 1. The van der Waals surface area contributed by atoms with Crippen LogP contribution < -0.4 is 5.73 Å². The highest BCUT2D eigenvalue weighted by atomic mass is 32.2. The van der Waals surface area contributed by atoms with Gasteiger partial charge in [0.2, 0.25) is 5.91 Å². The molecule has 0 unspecified atom stereocenters. The summed E-state index contributed by atoms with van der Waals surface area (Å²) in [6.07, 6.45) is 4.09. The minimum atomic E-state index is -3.41. The first-order chi connectivity index (χ1) is 9.70. The van der Waals surface area contributed by atoms with E-state index in [0.29, 0.717) is 19.6 Å². The first-order valence-electron chi connectivity index (χ1n) is 7.61. The Kier molecular flexibility index (Phi) is 6.62. The largest absolute Gasteiger partial charge is 0.340 e. The first-order valence-corrected chi connectivity index (χ1v) is 9.50. The van der Waals surface area contributed by atoms with Crippen molar-refractivity contribution >= 4 is 15.7 Å². The lowest BCUT2D eigenvalue weighted by molar-refractivity contribution is -0.133. The summed E-state index contributed by atoms with van der Waals surface area (Å²) in [4.78, 5) is 16.5. The Balaban J connectivity index is 2.61. The molecule has 0 aromatic carbocycles. The third-order valence-electron chi connectivity index (χ3n) is 4.25. The first kappa shape index (κ1) is 18.4. The molecule has 0 aliphatic carbocycles. The molecular weight excluding hydrogens is 290 g/mol. The molecule has 1 aliphatic rings. The van der Waals surface area contributed by atoms with Crippen molar-refractivity contribution in [3.63, 3.8) is 0 Å². The van der Waals surface area contributed by atoms with Crippen molar-refractivity contribution in [1.29, 1.82) is 0 Å². The molecule has 1 saturated heterocycles. The Hall–Kier alpha value is -0.660. The Morgan fingerprint density at radius 2 is 1.81 bits per heavy atom. The molecule has 1 aliphatic heterocycles. The van der Waals surface area contributed by atoms with Gasteiger partial charge in [-0.2, -0.15) is 0 Å². The van der Waals surface area contributed by atoms with Crippen molar-refractivity contribution < 1.29 is 13.2 Å². The highest BCUT2D eigenvalue weighted by Crippen LogP contribution is 2.20. The molecule has 1 amide bonds. The molecular formula is C14H29N3O3S. The van der Waals surface area contributed by atoms with Crippen LogP contribution >= 0.6 is 0 Å². The number of hydrogen-bond donors (Lipinski definition) is 1. The van der Waals surface area contributed by atoms with Gasteiger partial charge in [0, 0.05) is 25.9 Å². The number of nitrogens with two attached hydrogens (primary N) is 1. The Labute approximate surface area is 128 Å². The van der Waals surface area contributed by atoms with Crippen LogP contribution in [0.5, 0.6) is 0 Å². The second kappa shape index (κ2) is 7.56. The number of carbonyl (C=O) groups excluding carboxylic acids is 1. The fourth-order valence-corrected chi connectivity index (χ4v) is 2.86. The van der Waals surface area contributed by atoms with Crippen molar-refractivity contribution in [2.75, 3.05) is 45.5 Å². The summed E-state index contributed by atoms with van der Waals surface area (Å²) in [7, 11) is -3.41. The molecule has 1 fully saturated rings. The molecule has 2 N–H and O–H groups in total. The van der Waals surface area contributed by atoms with Gasteiger partial charge in [0.15, 0.2) is 9.84 Å². The van der Waals surface area contributed by atoms with E-state index in [9.17, 15) is 13.2 Å². The molecule has 6 nitrogen and oxygen atoms in total. The second-order valence-corrected chi connectivity index (χ2v) is 8.83. The van der Waals surface area contributed by atoms with Gasteiger partial charge in [0.05, 0.1) is 0 Å². The van der Waals surface area contributed by atoms with E-state index in [2.05, 4.69) is 4.90 Å². The number of sulfone groups is 1. The third-order valence-corrected chi connectivity index (χ3v) is 6.27. The van der Waals surface area contributed by atoms with Crippen molar-refractivity contribution in [2.45, 2.75) is 37.9 Å². The van der Waals surface area contributed by atoms with Crippen LogP contribution in [0.2, 0.25) is 0 Å². The lowest BCUT2D eigenvalue weighted by atomic mass is 10.1. The zero-order valence-corrected chi connectivity index (χ0v) is 14.3. The van der Waals surface area contributed by atoms with Gasteiger partial charge in [0.25, 0.3) is 0 Å². The van der Waals surface area contributed by atoms with Crippen molar-refractivity contribution in [3.05, 3.63) is 0 Å². The van der Waals surface area contributed by atoms with E-state index < -0.39 is 14.6 Å². The maximum absolute atomic E-state index is 12.5. The van der Waals surface area contributed by atoms with E-state index in [1.807, 2.05) is 0 Å². The van der Waals surface area contributed by atoms with Gasteiger partial charge in [-0.1, -0.05) is 0 Å². The van der Waals surface area contributed by atoms with Crippen molar-refractivity contribution in [1.82, 2.24) is 9.80 Å². The SMILES string of the molecule is CC(C)(C(=O)N1CCCN(CCCCN)CC1)S(C)(=O)=O. The van der Waals surface area contributed by atoms with E-state index in [1.54, 1.807) is 4.90 Å². The summed E-state index contributed by atoms with van der Waals surface area (Å²) < 4.78 is 22.2. The molecule has 0 aromatic heterocycles. The van der Waals surface area contributed by atoms with E-state index in [0.717, 1.165) is 45.2 Å². The third kappa shape index (κ3) is 4.93. The number of nitrogens with zero attached hydrogens (tertiary/aromatic N) is 2. The predicted octanol–water partition coefficient (Wildman–Crippen LogP) is 0.0828. The van der Waals surface area contributed by atoms with Gasteiger partial charge in [0.1, 0.15) is 4.75 Å². The van der Waals surface area contributed by atoms with Crippen molar-refractivity contribution in [2.24, 2.45) is 5.73 Å². The second-order valence-electron chi connectivity index (χ2n) is 6.27. The standard InChI is InChI=1S/C14H29N3O3S/c1-14(2,21(3,19)20)13(18)17-10-6-9-16(11-12-17)8-5-4-7-15/h4-12,15H2,1-3H3. The van der Waals surface area contributed by atoms with Gasteiger partial charge < -0.3 is 15.5 Å². The van der Waals surface area contributed by atoms with E-state index in [1.165, 1.54) is 13.8 Å². The summed E-state index contributed by atoms with van der Waals surface area (Å²) >= 11 is 0. The summed E-state index contributed by atoms with van der Waals surface area (Å²) in [6.45, 7) is 7.67. The molecule has 21 heavy (non-hydrogen) atoms. The maximum Gasteiger partial charge on any atom is 0.243 e. The fourth-order valence-electron chi connectivity index (χ4n) is 2.42. The van der Waals surface area contributed by atoms with Crippen LogP contribution in [-0.4, -0.2) is 74.4 Å². The Morgan fingerprint density at radius 1 is 1.14 bits per heavy atom. The lowest BCUT2D eigenvalue weighted by Crippen LogP contribution is -2.50. The molecule has 0 spiro atoms. The zero-order chi connectivity index (χ0) is 16.1. The van der Waals surface area contributed by atoms with Crippen LogP contribution in [0.1, 0.15) is 33.1 Å². The molecule has 1 rings (SSSR count). The number of carbonyl (C=O) groups is 1. The number of rotatable bonds is 6. The smallest absolute Gasteiger partial charge is 0.243 e.